The minimum Gasteiger partial charge on any atom is -0.478 e. The van der Waals surface area contributed by atoms with E-state index < -0.39 is 12.0 Å². The maximum atomic E-state index is 13.6. The van der Waals surface area contributed by atoms with Crippen LogP contribution < -0.4 is 10.1 Å². The zero-order valence-corrected chi connectivity index (χ0v) is 26.5. The first kappa shape index (κ1) is 32.2. The smallest absolute Gasteiger partial charge is 0.335 e. The number of carbonyl (C=O) groups excluding carboxylic acids is 1. The Balaban J connectivity index is 1.41. The average Bonchev–Trinajstić information content (AvgIpc) is 3.45. The van der Waals surface area contributed by atoms with Gasteiger partial charge >= 0.3 is 5.97 Å². The third-order valence-corrected chi connectivity index (χ3v) is 8.95. The Kier molecular flexibility index (Phi) is 10.5. The van der Waals surface area contributed by atoms with Crippen molar-refractivity contribution in [3.63, 3.8) is 0 Å². The number of carboxylic acid groups (broad SMARTS) is 1. The lowest BCUT2D eigenvalue weighted by Crippen LogP contribution is -2.37. The second-order valence-electron chi connectivity index (χ2n) is 11.4. The molecule has 1 atom stereocenters. The zero-order valence-electron chi connectivity index (χ0n) is 25.0. The Bertz CT molecular complexity index is 1680. The van der Waals surface area contributed by atoms with Gasteiger partial charge in [-0.3, -0.25) is 4.79 Å². The van der Waals surface area contributed by atoms with Crippen molar-refractivity contribution in [1.29, 1.82) is 0 Å². The third kappa shape index (κ3) is 8.08. The molecule has 45 heavy (non-hydrogen) atoms. The van der Waals surface area contributed by atoms with Gasteiger partial charge in [0.1, 0.15) is 17.3 Å². The van der Waals surface area contributed by atoms with E-state index in [1.54, 1.807) is 24.3 Å². The summed E-state index contributed by atoms with van der Waals surface area (Å²) >= 11 is 12.7. The van der Waals surface area contributed by atoms with Gasteiger partial charge in [0.15, 0.2) is 0 Å². The van der Waals surface area contributed by atoms with Crippen LogP contribution in [0.5, 0.6) is 11.5 Å². The standard InChI is InChI=1S/C36H35Cl2N3O4/c1-3-19-41-22-33(30-18-13-27(37)21-31(30)38)39-34(41)32(40-35(42)25-9-5-23(4-2)6-10-25)20-24-7-14-28(15-8-24)45-29-16-11-26(12-17-29)36(43)44/h1,7-8,11-18,21-23,25,32H,4-6,9-10,19-20H2,2H3,(H,40,42)(H,43,44)/t23?,25?,32-/m0/s1. The van der Waals surface area contributed by atoms with E-state index in [-0.39, 0.29) is 23.9 Å². The molecule has 0 aliphatic heterocycles. The monoisotopic (exact) mass is 643 g/mol. The Labute approximate surface area is 273 Å². The van der Waals surface area contributed by atoms with Crippen molar-refractivity contribution in [3.05, 3.63) is 99.9 Å². The van der Waals surface area contributed by atoms with E-state index in [0.29, 0.717) is 45.4 Å². The SMILES string of the molecule is C#CCn1cc(-c2ccc(Cl)cc2Cl)nc1[C@H](Cc1ccc(Oc2ccc(C(=O)O)cc2)cc1)NC(=O)C1CCC(CC)CC1. The fraction of sp³-hybridized carbons (Fsp3) is 0.306. The number of benzene rings is 3. The normalized spacial score (nSPS) is 16.8. The number of nitrogens with one attached hydrogen (secondary N) is 1. The van der Waals surface area contributed by atoms with Gasteiger partial charge in [-0.05, 0) is 98.2 Å². The summed E-state index contributed by atoms with van der Waals surface area (Å²) in [7, 11) is 0. The van der Waals surface area contributed by atoms with Crippen LogP contribution in [0.4, 0.5) is 0 Å². The molecule has 0 unspecified atom stereocenters. The van der Waals surface area contributed by atoms with Crippen molar-refractivity contribution in [2.75, 3.05) is 0 Å². The number of amides is 1. The summed E-state index contributed by atoms with van der Waals surface area (Å²) in [5.41, 5.74) is 2.51. The fourth-order valence-electron chi connectivity index (χ4n) is 5.82. The molecular weight excluding hydrogens is 609 g/mol. The Hall–Kier alpha value is -4.25. The van der Waals surface area contributed by atoms with E-state index in [2.05, 4.69) is 18.2 Å². The maximum Gasteiger partial charge on any atom is 0.335 e. The van der Waals surface area contributed by atoms with E-state index in [9.17, 15) is 9.59 Å². The molecule has 0 saturated heterocycles. The fourth-order valence-corrected chi connectivity index (χ4v) is 6.33. The Morgan fingerprint density at radius 1 is 1.04 bits per heavy atom. The number of rotatable bonds is 11. The van der Waals surface area contributed by atoms with Gasteiger partial charge in [0.2, 0.25) is 5.91 Å². The zero-order chi connectivity index (χ0) is 31.9. The largest absolute Gasteiger partial charge is 0.478 e. The van der Waals surface area contributed by atoms with Crippen molar-refractivity contribution in [2.24, 2.45) is 11.8 Å². The van der Waals surface area contributed by atoms with Crippen LogP contribution >= 0.6 is 23.2 Å². The quantitative estimate of drug-likeness (QED) is 0.160. The molecule has 7 nitrogen and oxygen atoms in total. The summed E-state index contributed by atoms with van der Waals surface area (Å²) in [5.74, 6) is 4.15. The topological polar surface area (TPSA) is 93.5 Å². The van der Waals surface area contributed by atoms with Crippen LogP contribution in [0.3, 0.4) is 0 Å². The second kappa shape index (κ2) is 14.7. The van der Waals surface area contributed by atoms with Gasteiger partial charge in [-0.25, -0.2) is 9.78 Å². The van der Waals surface area contributed by atoms with Gasteiger partial charge in [0.25, 0.3) is 0 Å². The molecular formula is C36H35Cl2N3O4. The number of hydrogen-bond donors (Lipinski definition) is 2. The van der Waals surface area contributed by atoms with E-state index in [4.69, 9.17) is 44.5 Å². The summed E-state index contributed by atoms with van der Waals surface area (Å²) in [6.07, 6.45) is 13.1. The number of carboxylic acids is 1. The van der Waals surface area contributed by atoms with Crippen molar-refractivity contribution in [2.45, 2.75) is 58.0 Å². The summed E-state index contributed by atoms with van der Waals surface area (Å²) in [4.78, 5) is 29.8. The summed E-state index contributed by atoms with van der Waals surface area (Å²) in [6.45, 7) is 2.48. The molecule has 1 fully saturated rings. The first-order chi connectivity index (χ1) is 21.7. The van der Waals surface area contributed by atoms with Crippen LogP contribution in [-0.4, -0.2) is 26.5 Å². The highest BCUT2D eigenvalue weighted by Gasteiger charge is 2.29. The molecule has 9 heteroatoms. The predicted octanol–water partition coefficient (Wildman–Crippen LogP) is 8.60. The number of terminal acetylenes is 1. The van der Waals surface area contributed by atoms with Gasteiger partial charge in [-0.15, -0.1) is 6.42 Å². The summed E-state index contributed by atoms with van der Waals surface area (Å²) in [5, 5.41) is 13.5. The van der Waals surface area contributed by atoms with Crippen LogP contribution in [-0.2, 0) is 17.8 Å². The number of carbonyl (C=O) groups is 2. The van der Waals surface area contributed by atoms with Gasteiger partial charge in [0, 0.05) is 22.7 Å². The van der Waals surface area contributed by atoms with Crippen LogP contribution in [0.1, 0.15) is 66.8 Å². The molecule has 4 aromatic rings. The Morgan fingerprint density at radius 2 is 1.71 bits per heavy atom. The van der Waals surface area contributed by atoms with Gasteiger partial charge in [-0.1, -0.05) is 54.6 Å². The van der Waals surface area contributed by atoms with Crippen molar-refractivity contribution in [1.82, 2.24) is 14.9 Å². The number of hydrogen-bond acceptors (Lipinski definition) is 4. The minimum absolute atomic E-state index is 0.0284. The molecule has 1 aliphatic carbocycles. The number of imidazole rings is 1. The van der Waals surface area contributed by atoms with E-state index in [0.717, 1.165) is 43.2 Å². The number of ether oxygens (including phenoxy) is 1. The number of aromatic nitrogens is 2. The molecule has 0 radical (unpaired) electrons. The van der Waals surface area contributed by atoms with Gasteiger partial charge in [0.05, 0.1) is 28.9 Å². The molecule has 5 rings (SSSR count). The minimum atomic E-state index is -0.993. The number of halogens is 2. The van der Waals surface area contributed by atoms with Crippen LogP contribution in [0, 0.1) is 24.2 Å². The third-order valence-electron chi connectivity index (χ3n) is 8.40. The van der Waals surface area contributed by atoms with Gasteiger partial charge < -0.3 is 19.7 Å². The molecule has 1 aromatic heterocycles. The molecule has 1 saturated carbocycles. The lowest BCUT2D eigenvalue weighted by molar-refractivity contribution is -0.127. The maximum absolute atomic E-state index is 13.6. The Morgan fingerprint density at radius 3 is 2.31 bits per heavy atom. The molecule has 1 amide bonds. The average molecular weight is 645 g/mol. The van der Waals surface area contributed by atoms with Crippen molar-refractivity contribution >= 4 is 35.1 Å². The molecule has 1 aliphatic rings. The summed E-state index contributed by atoms with van der Waals surface area (Å²) < 4.78 is 7.81. The molecule has 232 valence electrons. The predicted molar refractivity (Wildman–Crippen MR) is 177 cm³/mol. The van der Waals surface area contributed by atoms with Crippen LogP contribution in [0.2, 0.25) is 10.0 Å². The van der Waals surface area contributed by atoms with Crippen LogP contribution in [0.15, 0.2) is 72.9 Å². The molecule has 2 N–H and O–H groups in total. The first-order valence-electron chi connectivity index (χ1n) is 15.1. The first-order valence-corrected chi connectivity index (χ1v) is 15.9. The molecule has 0 spiro atoms. The lowest BCUT2D eigenvalue weighted by atomic mass is 9.80. The highest BCUT2D eigenvalue weighted by atomic mass is 35.5. The van der Waals surface area contributed by atoms with E-state index in [1.807, 2.05) is 41.1 Å². The second-order valence-corrected chi connectivity index (χ2v) is 12.3. The molecule has 3 aromatic carbocycles. The van der Waals surface area contributed by atoms with Crippen molar-refractivity contribution < 1.29 is 19.4 Å². The summed E-state index contributed by atoms with van der Waals surface area (Å²) in [6, 6.07) is 18.6. The highest BCUT2D eigenvalue weighted by molar-refractivity contribution is 6.36. The highest BCUT2D eigenvalue weighted by Crippen LogP contribution is 2.34. The van der Waals surface area contributed by atoms with Crippen molar-refractivity contribution in [3.8, 4) is 35.1 Å². The number of nitrogens with zero attached hydrogens (tertiary/aromatic N) is 2. The van der Waals surface area contributed by atoms with E-state index >= 15 is 0 Å². The van der Waals surface area contributed by atoms with Gasteiger partial charge in [-0.2, -0.15) is 0 Å². The molecule has 1 heterocycles. The molecule has 0 bridgehead atoms. The van der Waals surface area contributed by atoms with Crippen LogP contribution in [0.25, 0.3) is 11.3 Å². The lowest BCUT2D eigenvalue weighted by Gasteiger charge is -2.29. The van der Waals surface area contributed by atoms with E-state index in [1.165, 1.54) is 12.1 Å². The number of aromatic carboxylic acids is 1.